The Bertz CT molecular complexity index is 1370. The van der Waals surface area contributed by atoms with Gasteiger partial charge in [-0.05, 0) is 61.6 Å². The third kappa shape index (κ3) is 3.42. The van der Waals surface area contributed by atoms with Crippen LogP contribution in [0.15, 0.2) is 59.7 Å². The molecule has 2 aromatic carbocycles. The average molecular weight is 413 g/mol. The first-order valence-electron chi connectivity index (χ1n) is 10.4. The van der Waals surface area contributed by atoms with Crippen LogP contribution < -0.4 is 10.5 Å². The molecule has 1 aliphatic heterocycles. The maximum absolute atomic E-state index is 13.0. The van der Waals surface area contributed by atoms with Gasteiger partial charge in [-0.1, -0.05) is 30.3 Å². The fourth-order valence-electron chi connectivity index (χ4n) is 4.10. The molecule has 0 fully saturated rings. The van der Waals surface area contributed by atoms with Crippen LogP contribution in [0.1, 0.15) is 23.1 Å². The van der Waals surface area contributed by atoms with Crippen molar-refractivity contribution >= 4 is 17.1 Å². The molecule has 7 heteroatoms. The van der Waals surface area contributed by atoms with Crippen LogP contribution in [-0.2, 0) is 17.8 Å². The van der Waals surface area contributed by atoms with Crippen molar-refractivity contribution in [1.29, 1.82) is 0 Å². The van der Waals surface area contributed by atoms with Crippen LogP contribution >= 0.6 is 0 Å². The number of hydrogen-bond donors (Lipinski definition) is 0. The van der Waals surface area contributed by atoms with Crippen LogP contribution in [0.25, 0.3) is 16.8 Å². The lowest BCUT2D eigenvalue weighted by molar-refractivity contribution is -0.119. The molecule has 1 amide bonds. The number of anilines is 1. The van der Waals surface area contributed by atoms with Crippen LogP contribution in [0.5, 0.6) is 0 Å². The molecule has 5 rings (SSSR count). The minimum Gasteiger partial charge on any atom is -0.311 e. The number of fused-ring (bicyclic) bond motifs is 2. The summed E-state index contributed by atoms with van der Waals surface area (Å²) in [6.45, 7) is 4.65. The minimum absolute atomic E-state index is 0.103. The first kappa shape index (κ1) is 19.2. The predicted octanol–water partition coefficient (Wildman–Crippen LogP) is 3.15. The Labute approximate surface area is 179 Å². The van der Waals surface area contributed by atoms with E-state index in [0.29, 0.717) is 17.8 Å². The van der Waals surface area contributed by atoms with Crippen molar-refractivity contribution in [3.05, 3.63) is 81.9 Å². The molecule has 31 heavy (non-hydrogen) atoms. The highest BCUT2D eigenvalue weighted by Crippen LogP contribution is 2.27. The van der Waals surface area contributed by atoms with Crippen molar-refractivity contribution in [1.82, 2.24) is 19.4 Å². The zero-order chi connectivity index (χ0) is 21.5. The summed E-state index contributed by atoms with van der Waals surface area (Å²) < 4.78 is 2.70. The van der Waals surface area contributed by atoms with E-state index < -0.39 is 0 Å². The number of nitrogens with zero attached hydrogens (tertiary/aromatic N) is 5. The van der Waals surface area contributed by atoms with Gasteiger partial charge < -0.3 is 4.90 Å². The number of hydrogen-bond acceptors (Lipinski definition) is 4. The number of benzene rings is 2. The van der Waals surface area contributed by atoms with E-state index in [9.17, 15) is 9.59 Å². The SMILES string of the molecule is Cc1ccc(-c2cc3c(=O)n(CC(=O)N4CCCc5ccccc54)ncn3n2)cc1C. The predicted molar refractivity (Wildman–Crippen MR) is 119 cm³/mol. The fourth-order valence-corrected chi connectivity index (χ4v) is 4.10. The number of amides is 1. The molecule has 0 atom stereocenters. The molecule has 7 nitrogen and oxygen atoms in total. The fraction of sp³-hybridized carbons (Fsp3) is 0.250. The van der Waals surface area contributed by atoms with Gasteiger partial charge in [-0.25, -0.2) is 9.20 Å². The van der Waals surface area contributed by atoms with Crippen molar-refractivity contribution in [2.45, 2.75) is 33.2 Å². The molecule has 4 aromatic rings. The number of para-hydroxylation sites is 1. The van der Waals surface area contributed by atoms with Gasteiger partial charge in [0, 0.05) is 17.8 Å². The first-order chi connectivity index (χ1) is 15.0. The zero-order valence-corrected chi connectivity index (χ0v) is 17.6. The average Bonchev–Trinajstić information content (AvgIpc) is 3.22. The van der Waals surface area contributed by atoms with Crippen molar-refractivity contribution in [2.75, 3.05) is 11.4 Å². The van der Waals surface area contributed by atoms with Gasteiger partial charge in [0.1, 0.15) is 18.4 Å². The number of carbonyl (C=O) groups excluding carboxylic acids is 1. The monoisotopic (exact) mass is 413 g/mol. The molecule has 0 N–H and O–H groups in total. The maximum Gasteiger partial charge on any atom is 0.293 e. The summed E-state index contributed by atoms with van der Waals surface area (Å²) in [4.78, 5) is 27.8. The molecule has 0 radical (unpaired) electrons. The highest BCUT2D eigenvalue weighted by Gasteiger charge is 2.23. The summed E-state index contributed by atoms with van der Waals surface area (Å²) in [6, 6.07) is 15.8. The Morgan fingerprint density at radius 1 is 1.06 bits per heavy atom. The third-order valence-electron chi connectivity index (χ3n) is 5.99. The van der Waals surface area contributed by atoms with E-state index in [1.54, 1.807) is 11.0 Å². The Hall–Kier alpha value is -3.74. The van der Waals surface area contributed by atoms with E-state index in [1.807, 2.05) is 43.3 Å². The first-order valence-corrected chi connectivity index (χ1v) is 10.4. The van der Waals surface area contributed by atoms with Crippen molar-refractivity contribution in [2.24, 2.45) is 0 Å². The quantitative estimate of drug-likeness (QED) is 0.517. The van der Waals surface area contributed by atoms with Gasteiger partial charge in [0.05, 0.1) is 5.69 Å². The lowest BCUT2D eigenvalue weighted by Crippen LogP contribution is -2.40. The second-order valence-corrected chi connectivity index (χ2v) is 8.03. The second kappa shape index (κ2) is 7.50. The molecule has 1 aliphatic rings. The normalized spacial score (nSPS) is 13.4. The highest BCUT2D eigenvalue weighted by atomic mass is 16.2. The Kier molecular flexibility index (Phi) is 4.66. The highest BCUT2D eigenvalue weighted by molar-refractivity contribution is 5.94. The van der Waals surface area contributed by atoms with Crippen molar-refractivity contribution in [3.8, 4) is 11.3 Å². The molecule has 0 spiro atoms. The molecule has 0 unspecified atom stereocenters. The Morgan fingerprint density at radius 3 is 2.74 bits per heavy atom. The largest absolute Gasteiger partial charge is 0.311 e. The van der Waals surface area contributed by atoms with E-state index in [0.717, 1.165) is 35.2 Å². The van der Waals surface area contributed by atoms with Gasteiger partial charge >= 0.3 is 0 Å². The molecule has 2 aromatic heterocycles. The number of aryl methyl sites for hydroxylation is 3. The molecular formula is C24H23N5O2. The number of aromatic nitrogens is 4. The van der Waals surface area contributed by atoms with E-state index in [-0.39, 0.29) is 18.0 Å². The van der Waals surface area contributed by atoms with Crippen LogP contribution in [-0.4, -0.2) is 31.8 Å². The van der Waals surface area contributed by atoms with Crippen LogP contribution in [0.2, 0.25) is 0 Å². The van der Waals surface area contributed by atoms with E-state index >= 15 is 0 Å². The van der Waals surface area contributed by atoms with Gasteiger partial charge in [0.15, 0.2) is 0 Å². The van der Waals surface area contributed by atoms with E-state index in [1.165, 1.54) is 21.1 Å². The molecule has 3 heterocycles. The summed E-state index contributed by atoms with van der Waals surface area (Å²) in [5.41, 5.74) is 6.17. The number of rotatable bonds is 3. The van der Waals surface area contributed by atoms with Gasteiger partial charge in [-0.15, -0.1) is 0 Å². The molecule has 0 saturated heterocycles. The minimum atomic E-state index is -0.330. The topological polar surface area (TPSA) is 72.5 Å². The third-order valence-corrected chi connectivity index (χ3v) is 5.99. The summed E-state index contributed by atoms with van der Waals surface area (Å²) in [5.74, 6) is -0.139. The molecule has 0 bridgehead atoms. The van der Waals surface area contributed by atoms with Gasteiger partial charge in [0.2, 0.25) is 5.91 Å². The van der Waals surface area contributed by atoms with Gasteiger partial charge in [0.25, 0.3) is 5.56 Å². The molecular weight excluding hydrogens is 390 g/mol. The molecule has 0 saturated carbocycles. The zero-order valence-electron chi connectivity index (χ0n) is 17.6. The lowest BCUT2D eigenvalue weighted by Gasteiger charge is -2.29. The van der Waals surface area contributed by atoms with Crippen LogP contribution in [0.4, 0.5) is 5.69 Å². The van der Waals surface area contributed by atoms with Crippen LogP contribution in [0.3, 0.4) is 0 Å². The van der Waals surface area contributed by atoms with Gasteiger partial charge in [-0.3, -0.25) is 9.59 Å². The Morgan fingerprint density at radius 2 is 1.90 bits per heavy atom. The number of carbonyl (C=O) groups is 1. The van der Waals surface area contributed by atoms with Crippen molar-refractivity contribution < 1.29 is 4.79 Å². The van der Waals surface area contributed by atoms with Crippen molar-refractivity contribution in [3.63, 3.8) is 0 Å². The molecule has 0 aliphatic carbocycles. The van der Waals surface area contributed by atoms with E-state index in [2.05, 4.69) is 23.2 Å². The standard InChI is InChI=1S/C24H23N5O2/c1-16-9-10-19(12-17(16)2)20-13-22-24(31)28(25-15-29(22)26-20)14-23(30)27-11-5-7-18-6-3-4-8-21(18)27/h3-4,6,8-10,12-13,15H,5,7,11,14H2,1-2H3. The summed E-state index contributed by atoms with van der Waals surface area (Å²) in [7, 11) is 0. The summed E-state index contributed by atoms with van der Waals surface area (Å²) in [6.07, 6.45) is 3.35. The summed E-state index contributed by atoms with van der Waals surface area (Å²) >= 11 is 0. The van der Waals surface area contributed by atoms with Crippen LogP contribution in [0, 0.1) is 13.8 Å². The molecule has 156 valence electrons. The van der Waals surface area contributed by atoms with Gasteiger partial charge in [-0.2, -0.15) is 10.2 Å². The lowest BCUT2D eigenvalue weighted by atomic mass is 10.0. The summed E-state index contributed by atoms with van der Waals surface area (Å²) in [5, 5.41) is 8.69. The smallest absolute Gasteiger partial charge is 0.293 e. The Balaban J connectivity index is 1.46. The second-order valence-electron chi connectivity index (χ2n) is 8.03. The van der Waals surface area contributed by atoms with E-state index in [4.69, 9.17) is 0 Å². The maximum atomic E-state index is 13.0.